The normalized spacial score (nSPS) is 19.3. The van der Waals surface area contributed by atoms with E-state index in [0.29, 0.717) is 18.2 Å². The van der Waals surface area contributed by atoms with Gasteiger partial charge in [0, 0.05) is 38.3 Å². The summed E-state index contributed by atoms with van der Waals surface area (Å²) >= 11 is 0. The molecule has 0 aromatic carbocycles. The Labute approximate surface area is 141 Å². The van der Waals surface area contributed by atoms with Crippen LogP contribution in [0.3, 0.4) is 0 Å². The van der Waals surface area contributed by atoms with E-state index >= 15 is 0 Å². The van der Waals surface area contributed by atoms with Gasteiger partial charge < -0.3 is 10.0 Å². The van der Waals surface area contributed by atoms with Gasteiger partial charge in [-0.05, 0) is 12.8 Å². The van der Waals surface area contributed by atoms with Gasteiger partial charge in [-0.1, -0.05) is 13.8 Å². The number of piperazine rings is 1. The van der Waals surface area contributed by atoms with Crippen LogP contribution in [-0.4, -0.2) is 67.8 Å². The van der Waals surface area contributed by atoms with Gasteiger partial charge in [-0.2, -0.15) is 14.6 Å². The Bertz CT molecular complexity index is 728. The molecule has 0 bridgehead atoms. The van der Waals surface area contributed by atoms with Crippen molar-refractivity contribution < 1.29 is 9.90 Å². The minimum Gasteiger partial charge on any atom is -0.481 e. The molecule has 0 amide bonds. The lowest BCUT2D eigenvalue weighted by molar-refractivity contribution is -0.137. The van der Waals surface area contributed by atoms with Crippen molar-refractivity contribution in [1.29, 1.82) is 0 Å². The number of carboxylic acid groups (broad SMARTS) is 1. The highest BCUT2D eigenvalue weighted by Gasteiger charge is 2.26. The van der Waals surface area contributed by atoms with Gasteiger partial charge in [0.2, 0.25) is 0 Å². The smallest absolute Gasteiger partial charge is 0.304 e. The van der Waals surface area contributed by atoms with E-state index in [4.69, 9.17) is 5.11 Å². The van der Waals surface area contributed by atoms with Crippen LogP contribution in [0, 0.1) is 0 Å². The number of nitrogens with zero attached hydrogens (tertiary/aromatic N) is 6. The Morgan fingerprint density at radius 2 is 2.21 bits per heavy atom. The molecule has 0 saturated carbocycles. The second kappa shape index (κ2) is 6.72. The van der Waals surface area contributed by atoms with Crippen molar-refractivity contribution in [1.82, 2.24) is 24.5 Å². The molecule has 8 nitrogen and oxygen atoms in total. The first-order chi connectivity index (χ1) is 11.5. The maximum Gasteiger partial charge on any atom is 0.304 e. The Hall–Kier alpha value is -2.22. The molecule has 1 saturated heterocycles. The molecule has 130 valence electrons. The summed E-state index contributed by atoms with van der Waals surface area (Å²) in [4.78, 5) is 24.1. The van der Waals surface area contributed by atoms with Gasteiger partial charge in [-0.25, -0.2) is 4.98 Å². The zero-order valence-corrected chi connectivity index (χ0v) is 14.4. The number of anilines is 1. The van der Waals surface area contributed by atoms with Crippen molar-refractivity contribution in [2.45, 2.75) is 39.2 Å². The molecule has 1 N–H and O–H groups in total. The Balaban J connectivity index is 1.83. The number of fused-ring (bicyclic) bond motifs is 1. The number of hydrogen-bond acceptors (Lipinski definition) is 6. The van der Waals surface area contributed by atoms with Crippen molar-refractivity contribution in [2.75, 3.05) is 31.1 Å². The Morgan fingerprint density at radius 3 is 2.88 bits per heavy atom. The minimum atomic E-state index is -0.745. The molecule has 3 rings (SSSR count). The van der Waals surface area contributed by atoms with E-state index in [2.05, 4.69) is 51.7 Å². The second-order valence-corrected chi connectivity index (χ2v) is 6.65. The van der Waals surface area contributed by atoms with Gasteiger partial charge >= 0.3 is 5.97 Å². The van der Waals surface area contributed by atoms with E-state index in [1.165, 1.54) is 6.33 Å². The van der Waals surface area contributed by atoms with Crippen LogP contribution >= 0.6 is 0 Å². The third-order valence-corrected chi connectivity index (χ3v) is 4.49. The van der Waals surface area contributed by atoms with Crippen LogP contribution in [0.5, 0.6) is 0 Å². The number of aromatic nitrogens is 4. The van der Waals surface area contributed by atoms with Gasteiger partial charge in [0.15, 0.2) is 0 Å². The number of carboxylic acids is 1. The summed E-state index contributed by atoms with van der Waals surface area (Å²) in [5.41, 5.74) is 1.01. The lowest BCUT2D eigenvalue weighted by Crippen LogP contribution is -2.53. The highest BCUT2D eigenvalue weighted by Crippen LogP contribution is 2.24. The molecule has 1 unspecified atom stereocenters. The predicted molar refractivity (Wildman–Crippen MR) is 90.4 cm³/mol. The first-order valence-corrected chi connectivity index (χ1v) is 8.37. The van der Waals surface area contributed by atoms with E-state index in [1.54, 1.807) is 4.52 Å². The van der Waals surface area contributed by atoms with Crippen LogP contribution in [0.4, 0.5) is 5.82 Å². The average Bonchev–Trinajstić information content (AvgIpc) is 3.00. The molecule has 1 atom stereocenters. The Morgan fingerprint density at radius 1 is 1.42 bits per heavy atom. The fourth-order valence-corrected chi connectivity index (χ4v) is 3.15. The second-order valence-electron chi connectivity index (χ2n) is 6.65. The molecule has 0 radical (unpaired) electrons. The van der Waals surface area contributed by atoms with Gasteiger partial charge in [0.1, 0.15) is 12.1 Å². The molecule has 0 aliphatic carbocycles. The van der Waals surface area contributed by atoms with Crippen molar-refractivity contribution >= 4 is 17.6 Å². The van der Waals surface area contributed by atoms with Crippen LogP contribution in [0.15, 0.2) is 12.4 Å². The maximum atomic E-state index is 10.8. The summed E-state index contributed by atoms with van der Waals surface area (Å²) in [5, 5.41) is 13.2. The molecular weight excluding hydrogens is 308 g/mol. The van der Waals surface area contributed by atoms with Gasteiger partial charge in [0.05, 0.1) is 12.1 Å². The highest BCUT2D eigenvalue weighted by molar-refractivity contribution is 5.66. The Kier molecular flexibility index (Phi) is 4.66. The molecule has 0 spiro atoms. The lowest BCUT2D eigenvalue weighted by Gasteiger charge is -2.41. The quantitative estimate of drug-likeness (QED) is 0.881. The zero-order chi connectivity index (χ0) is 17.3. The van der Waals surface area contributed by atoms with Crippen molar-refractivity contribution in [3.63, 3.8) is 0 Å². The predicted octanol–water partition coefficient (Wildman–Crippen LogP) is 1.23. The summed E-state index contributed by atoms with van der Waals surface area (Å²) < 4.78 is 1.79. The van der Waals surface area contributed by atoms with Crippen LogP contribution < -0.4 is 4.90 Å². The molecule has 1 aliphatic rings. The van der Waals surface area contributed by atoms with E-state index in [-0.39, 0.29) is 12.5 Å². The largest absolute Gasteiger partial charge is 0.481 e. The summed E-state index contributed by atoms with van der Waals surface area (Å²) in [7, 11) is 0. The van der Waals surface area contributed by atoms with Gasteiger partial charge in [-0.3, -0.25) is 9.69 Å². The van der Waals surface area contributed by atoms with Crippen LogP contribution in [0.25, 0.3) is 5.78 Å². The molecule has 2 aromatic heterocycles. The van der Waals surface area contributed by atoms with Gasteiger partial charge in [-0.15, -0.1) is 0 Å². The fourth-order valence-electron chi connectivity index (χ4n) is 3.15. The molecule has 1 aliphatic heterocycles. The van der Waals surface area contributed by atoms with Crippen LogP contribution in [0.1, 0.15) is 38.8 Å². The van der Waals surface area contributed by atoms with Crippen molar-refractivity contribution in [3.8, 4) is 0 Å². The lowest BCUT2D eigenvalue weighted by atomic mass is 10.1. The topological polar surface area (TPSA) is 86.9 Å². The van der Waals surface area contributed by atoms with E-state index in [1.807, 2.05) is 0 Å². The number of aliphatic carboxylic acids is 1. The van der Waals surface area contributed by atoms with E-state index < -0.39 is 5.97 Å². The van der Waals surface area contributed by atoms with Crippen molar-refractivity contribution in [2.24, 2.45) is 0 Å². The summed E-state index contributed by atoms with van der Waals surface area (Å²) in [6.07, 6.45) is 1.72. The third-order valence-electron chi connectivity index (χ3n) is 4.49. The summed E-state index contributed by atoms with van der Waals surface area (Å²) in [6.45, 7) is 9.50. The molecular formula is C16H24N6O2. The first kappa shape index (κ1) is 16.6. The van der Waals surface area contributed by atoms with Crippen LogP contribution in [0.2, 0.25) is 0 Å². The molecule has 8 heteroatoms. The monoisotopic (exact) mass is 332 g/mol. The van der Waals surface area contributed by atoms with Gasteiger partial charge in [0.25, 0.3) is 5.78 Å². The zero-order valence-electron chi connectivity index (χ0n) is 14.4. The maximum absolute atomic E-state index is 10.8. The van der Waals surface area contributed by atoms with E-state index in [0.717, 1.165) is 31.1 Å². The first-order valence-electron chi connectivity index (χ1n) is 8.37. The molecule has 3 heterocycles. The van der Waals surface area contributed by atoms with E-state index in [9.17, 15) is 4.79 Å². The molecule has 2 aromatic rings. The molecule has 1 fully saturated rings. The number of rotatable bonds is 5. The minimum absolute atomic E-state index is 0.187. The average molecular weight is 332 g/mol. The summed E-state index contributed by atoms with van der Waals surface area (Å²) in [6, 6.07) is 2.36. The summed E-state index contributed by atoms with van der Waals surface area (Å²) in [5.74, 6) is 1.20. The number of carbonyl (C=O) groups is 1. The third kappa shape index (κ3) is 3.33. The van der Waals surface area contributed by atoms with Crippen LogP contribution in [-0.2, 0) is 4.79 Å². The highest BCUT2D eigenvalue weighted by atomic mass is 16.4. The standard InChI is InChI=1S/C16H24N6O2/c1-11(2)13-8-14(22-16(19-13)17-10-18-22)21-7-6-20(9-12(21)3)5-4-15(23)24/h8,10-12H,4-7,9H2,1-3H3,(H,23,24). The molecule has 24 heavy (non-hydrogen) atoms. The SMILES string of the molecule is CC(C)c1cc(N2CCN(CCC(=O)O)CC2C)n2ncnc2n1. The fraction of sp³-hybridized carbons (Fsp3) is 0.625. The number of hydrogen-bond donors (Lipinski definition) is 1. The van der Waals surface area contributed by atoms with Crippen molar-refractivity contribution in [3.05, 3.63) is 18.1 Å².